The third-order valence-electron chi connectivity index (χ3n) is 3.46. The first kappa shape index (κ1) is 15.0. The largest absolute Gasteiger partial charge is 0.320 e. The molecule has 0 aliphatic rings. The van der Waals surface area contributed by atoms with E-state index in [1.807, 2.05) is 6.07 Å². The molecule has 1 atom stereocenters. The fourth-order valence-electron chi connectivity index (χ4n) is 2.49. The lowest BCUT2D eigenvalue weighted by Gasteiger charge is -2.16. The van der Waals surface area contributed by atoms with Crippen molar-refractivity contribution in [3.05, 3.63) is 50.6 Å². The van der Waals surface area contributed by atoms with Crippen LogP contribution in [-0.4, -0.2) is 15.4 Å². The van der Waals surface area contributed by atoms with Crippen LogP contribution in [0.4, 0.5) is 4.39 Å². The van der Waals surface area contributed by atoms with Gasteiger partial charge in [0.15, 0.2) is 0 Å². The highest BCUT2D eigenvalue weighted by molar-refractivity contribution is 9.10. The Morgan fingerprint density at radius 2 is 2.29 bits per heavy atom. The van der Waals surface area contributed by atoms with Crippen molar-refractivity contribution in [1.29, 1.82) is 0 Å². The van der Waals surface area contributed by atoms with E-state index in [9.17, 15) is 4.39 Å². The number of hydrogen-bond acceptors (Lipinski definition) is 2. The van der Waals surface area contributed by atoms with Crippen LogP contribution < -0.4 is 0 Å². The SMILES string of the molecule is CC(c1cccs1)n1c(CCCl)nc2cc(F)c(Br)cc21. The minimum atomic E-state index is -0.298. The lowest BCUT2D eigenvalue weighted by atomic mass is 10.2. The summed E-state index contributed by atoms with van der Waals surface area (Å²) in [5.41, 5.74) is 1.59. The zero-order valence-corrected chi connectivity index (χ0v) is 14.5. The molecule has 0 aliphatic carbocycles. The molecule has 2 nitrogen and oxygen atoms in total. The Balaban J connectivity index is 2.22. The maximum absolute atomic E-state index is 13.7. The van der Waals surface area contributed by atoms with Gasteiger partial charge in [-0.15, -0.1) is 22.9 Å². The summed E-state index contributed by atoms with van der Waals surface area (Å²) < 4.78 is 16.3. The van der Waals surface area contributed by atoms with Crippen LogP contribution in [0.1, 0.15) is 23.7 Å². The first-order valence-corrected chi connectivity index (χ1v) is 8.77. The monoisotopic (exact) mass is 386 g/mol. The average Bonchev–Trinajstić information content (AvgIpc) is 3.07. The third-order valence-corrected chi connectivity index (χ3v) is 5.30. The highest BCUT2D eigenvalue weighted by atomic mass is 79.9. The van der Waals surface area contributed by atoms with Crippen LogP contribution in [0.2, 0.25) is 0 Å². The predicted octanol–water partition coefficient (Wildman–Crippen LogP) is 5.39. The van der Waals surface area contributed by atoms with E-state index in [1.54, 1.807) is 17.4 Å². The van der Waals surface area contributed by atoms with E-state index in [0.717, 1.165) is 11.3 Å². The summed E-state index contributed by atoms with van der Waals surface area (Å²) in [4.78, 5) is 5.80. The molecule has 1 unspecified atom stereocenters. The summed E-state index contributed by atoms with van der Waals surface area (Å²) >= 11 is 10.9. The number of imidazole rings is 1. The van der Waals surface area contributed by atoms with Crippen molar-refractivity contribution in [2.45, 2.75) is 19.4 Å². The Labute approximate surface area is 139 Å². The standard InChI is InChI=1S/C15H13BrClFN2S/c1-9(14-3-2-6-21-14)20-13-7-10(16)11(18)8-12(13)19-15(20)4-5-17/h2-3,6-9H,4-5H2,1H3. The van der Waals surface area contributed by atoms with Gasteiger partial charge in [-0.1, -0.05) is 6.07 Å². The van der Waals surface area contributed by atoms with Crippen molar-refractivity contribution in [2.75, 3.05) is 5.88 Å². The minimum Gasteiger partial charge on any atom is -0.320 e. The van der Waals surface area contributed by atoms with Gasteiger partial charge in [-0.2, -0.15) is 0 Å². The molecule has 0 radical (unpaired) electrons. The summed E-state index contributed by atoms with van der Waals surface area (Å²) in [6, 6.07) is 7.54. The van der Waals surface area contributed by atoms with Gasteiger partial charge in [-0.25, -0.2) is 9.37 Å². The second kappa shape index (κ2) is 6.07. The van der Waals surface area contributed by atoms with Crippen molar-refractivity contribution in [1.82, 2.24) is 9.55 Å². The van der Waals surface area contributed by atoms with Gasteiger partial charge in [0, 0.05) is 23.2 Å². The topological polar surface area (TPSA) is 17.8 Å². The van der Waals surface area contributed by atoms with Crippen molar-refractivity contribution in [3.8, 4) is 0 Å². The van der Waals surface area contributed by atoms with E-state index in [0.29, 0.717) is 22.3 Å². The summed E-state index contributed by atoms with van der Waals surface area (Å²) in [5.74, 6) is 1.08. The third kappa shape index (κ3) is 2.74. The number of aromatic nitrogens is 2. The Hall–Kier alpha value is -0.910. The second-order valence-electron chi connectivity index (χ2n) is 4.78. The van der Waals surface area contributed by atoms with Crippen LogP contribution in [0.5, 0.6) is 0 Å². The molecule has 0 saturated carbocycles. The van der Waals surface area contributed by atoms with E-state index in [4.69, 9.17) is 11.6 Å². The van der Waals surface area contributed by atoms with Crippen LogP contribution >= 0.6 is 38.9 Å². The number of fused-ring (bicyclic) bond motifs is 1. The summed E-state index contributed by atoms with van der Waals surface area (Å²) in [6.45, 7) is 2.13. The summed E-state index contributed by atoms with van der Waals surface area (Å²) in [7, 11) is 0. The first-order chi connectivity index (χ1) is 10.1. The molecule has 0 amide bonds. The van der Waals surface area contributed by atoms with Gasteiger partial charge in [0.25, 0.3) is 0 Å². The number of hydrogen-bond donors (Lipinski definition) is 0. The van der Waals surface area contributed by atoms with E-state index < -0.39 is 0 Å². The summed E-state index contributed by atoms with van der Waals surface area (Å²) in [6.07, 6.45) is 0.658. The number of thiophene rings is 1. The van der Waals surface area contributed by atoms with Gasteiger partial charge in [0.2, 0.25) is 0 Å². The number of nitrogens with zero attached hydrogens (tertiary/aromatic N) is 2. The predicted molar refractivity (Wildman–Crippen MR) is 89.9 cm³/mol. The van der Waals surface area contributed by atoms with Crippen LogP contribution in [0.3, 0.4) is 0 Å². The first-order valence-electron chi connectivity index (χ1n) is 6.57. The van der Waals surface area contributed by atoms with E-state index >= 15 is 0 Å². The maximum atomic E-state index is 13.7. The maximum Gasteiger partial charge on any atom is 0.139 e. The molecular formula is C15H13BrClFN2S. The normalized spacial score (nSPS) is 13.0. The highest BCUT2D eigenvalue weighted by Gasteiger charge is 2.19. The molecule has 0 spiro atoms. The lowest BCUT2D eigenvalue weighted by Crippen LogP contribution is -2.10. The molecule has 0 N–H and O–H groups in total. The van der Waals surface area contributed by atoms with Crippen LogP contribution in [0.15, 0.2) is 34.1 Å². The van der Waals surface area contributed by atoms with Gasteiger partial charge in [0.05, 0.1) is 21.5 Å². The van der Waals surface area contributed by atoms with Crippen molar-refractivity contribution >= 4 is 49.9 Å². The molecule has 2 heterocycles. The molecule has 110 valence electrons. The molecule has 0 bridgehead atoms. The second-order valence-corrected chi connectivity index (χ2v) is 7.00. The molecule has 1 aromatic carbocycles. The molecule has 0 aliphatic heterocycles. The molecule has 3 rings (SSSR count). The fourth-order valence-corrected chi connectivity index (χ4v) is 3.76. The Morgan fingerprint density at radius 3 is 2.95 bits per heavy atom. The lowest BCUT2D eigenvalue weighted by molar-refractivity contribution is 0.620. The zero-order valence-electron chi connectivity index (χ0n) is 11.3. The van der Waals surface area contributed by atoms with Gasteiger partial charge in [0.1, 0.15) is 11.6 Å². The van der Waals surface area contributed by atoms with Crippen LogP contribution in [0, 0.1) is 5.82 Å². The van der Waals surface area contributed by atoms with Gasteiger partial charge in [-0.05, 0) is 40.4 Å². The van der Waals surface area contributed by atoms with Gasteiger partial charge >= 0.3 is 0 Å². The Morgan fingerprint density at radius 1 is 1.48 bits per heavy atom. The molecule has 0 saturated heterocycles. The molecular weight excluding hydrogens is 375 g/mol. The van der Waals surface area contributed by atoms with Gasteiger partial charge in [-0.3, -0.25) is 0 Å². The van der Waals surface area contributed by atoms with Crippen molar-refractivity contribution in [3.63, 3.8) is 0 Å². The Kier molecular flexibility index (Phi) is 4.33. The smallest absolute Gasteiger partial charge is 0.139 e. The number of rotatable bonds is 4. The quantitative estimate of drug-likeness (QED) is 0.549. The van der Waals surface area contributed by atoms with E-state index in [-0.39, 0.29) is 11.9 Å². The van der Waals surface area contributed by atoms with Crippen molar-refractivity contribution in [2.24, 2.45) is 0 Å². The van der Waals surface area contributed by atoms with Gasteiger partial charge < -0.3 is 4.57 Å². The number of benzene rings is 1. The van der Waals surface area contributed by atoms with Crippen LogP contribution in [-0.2, 0) is 6.42 Å². The zero-order chi connectivity index (χ0) is 15.0. The van der Waals surface area contributed by atoms with Crippen LogP contribution in [0.25, 0.3) is 11.0 Å². The number of alkyl halides is 1. The van der Waals surface area contributed by atoms with Crippen molar-refractivity contribution < 1.29 is 4.39 Å². The Bertz CT molecular complexity index is 770. The van der Waals surface area contributed by atoms with E-state index in [2.05, 4.69) is 43.9 Å². The fraction of sp³-hybridized carbons (Fsp3) is 0.267. The van der Waals surface area contributed by atoms with E-state index in [1.165, 1.54) is 10.9 Å². The highest BCUT2D eigenvalue weighted by Crippen LogP contribution is 2.31. The minimum absolute atomic E-state index is 0.144. The number of halogens is 3. The molecule has 0 fully saturated rings. The molecule has 6 heteroatoms. The molecule has 21 heavy (non-hydrogen) atoms. The summed E-state index contributed by atoms with van der Waals surface area (Å²) in [5, 5.41) is 2.06. The number of aryl methyl sites for hydroxylation is 1. The average molecular weight is 388 g/mol. The molecule has 3 aromatic rings. The molecule has 2 aromatic heterocycles.